The maximum Gasteiger partial charge on any atom is 0.153 e. The molecular formula is C11H8ClNOS. The Bertz CT molecular complexity index is 561. The van der Waals surface area contributed by atoms with Crippen molar-refractivity contribution in [3.05, 3.63) is 27.2 Å². The molecule has 0 bridgehead atoms. The second-order valence-electron chi connectivity index (χ2n) is 3.68. The van der Waals surface area contributed by atoms with Gasteiger partial charge in [0.05, 0.1) is 10.6 Å². The Labute approximate surface area is 95.9 Å². The zero-order chi connectivity index (χ0) is 10.4. The maximum atomic E-state index is 10.8. The van der Waals surface area contributed by atoms with Crippen molar-refractivity contribution in [2.75, 3.05) is 0 Å². The lowest BCUT2D eigenvalue weighted by Gasteiger charge is -1.99. The highest BCUT2D eigenvalue weighted by Crippen LogP contribution is 2.40. The fourth-order valence-corrected chi connectivity index (χ4v) is 3.71. The van der Waals surface area contributed by atoms with Crippen LogP contribution in [0.2, 0.25) is 5.02 Å². The summed E-state index contributed by atoms with van der Waals surface area (Å²) in [6.07, 6.45) is 5.72. The van der Waals surface area contributed by atoms with Gasteiger partial charge in [-0.05, 0) is 24.8 Å². The smallest absolute Gasteiger partial charge is 0.153 e. The first-order valence-electron chi connectivity index (χ1n) is 4.85. The highest BCUT2D eigenvalue weighted by molar-refractivity contribution is 7.19. The lowest BCUT2D eigenvalue weighted by molar-refractivity contribution is 0.112. The van der Waals surface area contributed by atoms with Gasteiger partial charge in [0.2, 0.25) is 0 Å². The van der Waals surface area contributed by atoms with Gasteiger partial charge in [-0.1, -0.05) is 11.6 Å². The standard InChI is InChI=1S/C11H8ClNOS/c12-10-6(5-14)4-13-11-9(10)7-2-1-3-8(7)15-11/h4-5H,1-3H2. The van der Waals surface area contributed by atoms with Gasteiger partial charge in [0.25, 0.3) is 0 Å². The Morgan fingerprint density at radius 3 is 3.13 bits per heavy atom. The van der Waals surface area contributed by atoms with E-state index in [9.17, 15) is 4.79 Å². The van der Waals surface area contributed by atoms with Crippen LogP contribution in [-0.4, -0.2) is 11.3 Å². The number of hydrogen-bond acceptors (Lipinski definition) is 3. The number of nitrogens with zero attached hydrogens (tertiary/aromatic N) is 1. The van der Waals surface area contributed by atoms with Crippen LogP contribution in [0.5, 0.6) is 0 Å². The molecule has 0 N–H and O–H groups in total. The van der Waals surface area contributed by atoms with E-state index in [1.54, 1.807) is 17.5 Å². The number of fused-ring (bicyclic) bond motifs is 3. The summed E-state index contributed by atoms with van der Waals surface area (Å²) in [4.78, 5) is 17.4. The molecule has 76 valence electrons. The predicted octanol–water partition coefficient (Wildman–Crippen LogP) is 3.25. The van der Waals surface area contributed by atoms with Gasteiger partial charge in [-0.3, -0.25) is 4.79 Å². The van der Waals surface area contributed by atoms with Crippen LogP contribution in [0, 0.1) is 0 Å². The van der Waals surface area contributed by atoms with Crippen LogP contribution in [0.25, 0.3) is 10.2 Å². The lowest BCUT2D eigenvalue weighted by Crippen LogP contribution is -1.87. The normalized spacial score (nSPS) is 14.5. The second-order valence-corrected chi connectivity index (χ2v) is 5.14. The Morgan fingerprint density at radius 1 is 1.47 bits per heavy atom. The first-order chi connectivity index (χ1) is 7.31. The van der Waals surface area contributed by atoms with Gasteiger partial charge in [0.1, 0.15) is 4.83 Å². The molecule has 4 heteroatoms. The zero-order valence-electron chi connectivity index (χ0n) is 7.92. The number of aryl methyl sites for hydroxylation is 2. The molecule has 0 unspecified atom stereocenters. The molecule has 0 fully saturated rings. The number of rotatable bonds is 1. The zero-order valence-corrected chi connectivity index (χ0v) is 9.49. The summed E-state index contributed by atoms with van der Waals surface area (Å²) in [7, 11) is 0. The number of halogens is 1. The molecule has 1 aliphatic carbocycles. The molecule has 2 heterocycles. The Morgan fingerprint density at radius 2 is 2.33 bits per heavy atom. The topological polar surface area (TPSA) is 30.0 Å². The first kappa shape index (κ1) is 9.31. The van der Waals surface area contributed by atoms with Crippen molar-refractivity contribution in [3.63, 3.8) is 0 Å². The number of hydrogen-bond donors (Lipinski definition) is 0. The summed E-state index contributed by atoms with van der Waals surface area (Å²) < 4.78 is 0. The Hall–Kier alpha value is -0.930. The van der Waals surface area contributed by atoms with Crippen LogP contribution < -0.4 is 0 Å². The Kier molecular flexibility index (Phi) is 2.04. The molecule has 2 nitrogen and oxygen atoms in total. The highest BCUT2D eigenvalue weighted by atomic mass is 35.5. The van der Waals surface area contributed by atoms with Gasteiger partial charge < -0.3 is 0 Å². The third kappa shape index (κ3) is 1.23. The third-order valence-corrected chi connectivity index (χ3v) is 4.43. The molecule has 15 heavy (non-hydrogen) atoms. The minimum Gasteiger partial charge on any atom is -0.298 e. The van der Waals surface area contributed by atoms with E-state index in [0.717, 1.165) is 29.3 Å². The van der Waals surface area contributed by atoms with Crippen LogP contribution in [0.4, 0.5) is 0 Å². The predicted molar refractivity (Wildman–Crippen MR) is 62.0 cm³/mol. The van der Waals surface area contributed by atoms with Crippen LogP contribution >= 0.6 is 22.9 Å². The minimum absolute atomic E-state index is 0.497. The van der Waals surface area contributed by atoms with Crippen molar-refractivity contribution in [2.45, 2.75) is 19.3 Å². The highest BCUT2D eigenvalue weighted by Gasteiger charge is 2.21. The largest absolute Gasteiger partial charge is 0.298 e. The molecule has 1 aliphatic rings. The van der Waals surface area contributed by atoms with E-state index < -0.39 is 0 Å². The van der Waals surface area contributed by atoms with E-state index in [1.807, 2.05) is 0 Å². The fraction of sp³-hybridized carbons (Fsp3) is 0.273. The molecule has 2 aromatic heterocycles. The van der Waals surface area contributed by atoms with Crippen LogP contribution in [0.15, 0.2) is 6.20 Å². The number of pyridine rings is 1. The van der Waals surface area contributed by atoms with E-state index in [2.05, 4.69) is 4.98 Å². The summed E-state index contributed by atoms with van der Waals surface area (Å²) in [5, 5.41) is 1.59. The van der Waals surface area contributed by atoms with Crippen LogP contribution in [-0.2, 0) is 12.8 Å². The summed E-state index contributed by atoms with van der Waals surface area (Å²) in [5.74, 6) is 0. The molecule has 0 saturated heterocycles. The summed E-state index contributed by atoms with van der Waals surface area (Å²) in [5.41, 5.74) is 1.81. The van der Waals surface area contributed by atoms with E-state index in [1.165, 1.54) is 16.9 Å². The van der Waals surface area contributed by atoms with Crippen molar-refractivity contribution in [3.8, 4) is 0 Å². The number of aromatic nitrogens is 1. The molecular weight excluding hydrogens is 230 g/mol. The first-order valence-corrected chi connectivity index (χ1v) is 6.04. The number of thiophene rings is 1. The van der Waals surface area contributed by atoms with Crippen LogP contribution in [0.3, 0.4) is 0 Å². The van der Waals surface area contributed by atoms with E-state index >= 15 is 0 Å². The van der Waals surface area contributed by atoms with Gasteiger partial charge in [-0.25, -0.2) is 4.98 Å². The Balaban J connectivity index is 2.42. The van der Waals surface area contributed by atoms with Crippen molar-refractivity contribution in [2.24, 2.45) is 0 Å². The van der Waals surface area contributed by atoms with E-state index in [4.69, 9.17) is 11.6 Å². The van der Waals surface area contributed by atoms with Crippen molar-refractivity contribution >= 4 is 39.4 Å². The van der Waals surface area contributed by atoms with Crippen molar-refractivity contribution < 1.29 is 4.79 Å². The summed E-state index contributed by atoms with van der Waals surface area (Å²) >= 11 is 7.91. The van der Waals surface area contributed by atoms with Gasteiger partial charge in [0.15, 0.2) is 6.29 Å². The number of aldehydes is 1. The van der Waals surface area contributed by atoms with Crippen LogP contribution in [0.1, 0.15) is 27.2 Å². The molecule has 0 amide bonds. The molecule has 0 atom stereocenters. The average Bonchev–Trinajstić information content (AvgIpc) is 2.77. The molecule has 0 spiro atoms. The molecule has 0 aliphatic heterocycles. The molecule has 3 rings (SSSR count). The van der Waals surface area contributed by atoms with Crippen molar-refractivity contribution in [1.82, 2.24) is 4.98 Å². The summed E-state index contributed by atoms with van der Waals surface area (Å²) in [6.45, 7) is 0. The lowest BCUT2D eigenvalue weighted by atomic mass is 10.1. The van der Waals surface area contributed by atoms with E-state index in [-0.39, 0.29) is 0 Å². The minimum atomic E-state index is 0.497. The van der Waals surface area contributed by atoms with E-state index in [0.29, 0.717) is 10.6 Å². The molecule has 0 aromatic carbocycles. The molecule has 0 radical (unpaired) electrons. The molecule has 2 aromatic rings. The average molecular weight is 238 g/mol. The number of carbonyl (C=O) groups excluding carboxylic acids is 1. The van der Waals surface area contributed by atoms with Gasteiger partial charge in [-0.2, -0.15) is 0 Å². The second kappa shape index (κ2) is 3.29. The van der Waals surface area contributed by atoms with Gasteiger partial charge in [-0.15, -0.1) is 11.3 Å². The monoisotopic (exact) mass is 237 g/mol. The summed E-state index contributed by atoms with van der Waals surface area (Å²) in [6, 6.07) is 0. The quantitative estimate of drug-likeness (QED) is 0.713. The SMILES string of the molecule is O=Cc1cnc2sc3c(c2c1Cl)CCC3. The van der Waals surface area contributed by atoms with Crippen molar-refractivity contribution in [1.29, 1.82) is 0 Å². The molecule has 0 saturated carbocycles. The van der Waals surface area contributed by atoms with Gasteiger partial charge in [0, 0.05) is 16.5 Å². The fourth-order valence-electron chi connectivity index (χ4n) is 2.12. The van der Waals surface area contributed by atoms with Gasteiger partial charge >= 0.3 is 0 Å². The number of carbonyl (C=O) groups is 1. The maximum absolute atomic E-state index is 10.8. The third-order valence-electron chi connectivity index (χ3n) is 2.82.